The molecule has 27 heavy (non-hydrogen) atoms. The molecule has 0 aromatic carbocycles. The van der Waals surface area contributed by atoms with E-state index in [1.165, 1.54) is 5.75 Å². The Morgan fingerprint density at radius 2 is 0.963 bits per heavy atom. The van der Waals surface area contributed by atoms with Crippen LogP contribution in [0.4, 0.5) is 0 Å². The lowest BCUT2D eigenvalue weighted by atomic mass is 10.1. The van der Waals surface area contributed by atoms with Gasteiger partial charge in [0.1, 0.15) is 0 Å². The highest BCUT2D eigenvalue weighted by molar-refractivity contribution is 8.76. The zero-order chi connectivity index (χ0) is 20.4. The molecular weight excluding hydrogens is 364 g/mol. The number of allylic oxidation sites excluding steroid dienone is 2. The van der Waals surface area contributed by atoms with Gasteiger partial charge in [0.2, 0.25) is 0 Å². The second kappa shape index (κ2) is 26.0. The molecule has 0 atom stereocenters. The zero-order valence-electron chi connectivity index (χ0n) is 19.1. The molecule has 0 aliphatic carbocycles. The van der Waals surface area contributed by atoms with E-state index in [0.717, 1.165) is 11.2 Å². The molecule has 0 heterocycles. The molecule has 0 spiro atoms. The van der Waals surface area contributed by atoms with Crippen molar-refractivity contribution in [2.45, 2.75) is 103 Å². The first kappa shape index (κ1) is 37.7. The van der Waals surface area contributed by atoms with E-state index in [2.05, 4.69) is 107 Å². The van der Waals surface area contributed by atoms with Crippen LogP contribution in [-0.4, -0.2) is 11.0 Å². The molecule has 0 saturated carbocycles. The summed E-state index contributed by atoms with van der Waals surface area (Å²) in [7, 11) is 3.96. The first-order chi connectivity index (χ1) is 11.4. The van der Waals surface area contributed by atoms with Gasteiger partial charge in [-0.3, -0.25) is 0 Å². The molecule has 0 rings (SSSR count). The fourth-order valence-electron chi connectivity index (χ4n) is 1.09. The third-order valence-corrected chi connectivity index (χ3v) is 5.50. The van der Waals surface area contributed by atoms with E-state index in [4.69, 9.17) is 0 Å². The molecule has 2 heteroatoms. The quantitative estimate of drug-likeness (QED) is 0.239. The monoisotopic (exact) mass is 418 g/mol. The van der Waals surface area contributed by atoms with Crippen molar-refractivity contribution in [2.24, 2.45) is 29.6 Å². The van der Waals surface area contributed by atoms with Crippen LogP contribution in [0.3, 0.4) is 0 Å². The van der Waals surface area contributed by atoms with E-state index >= 15 is 0 Å². The molecule has 0 fully saturated rings. The van der Waals surface area contributed by atoms with Crippen LogP contribution in [0.2, 0.25) is 0 Å². The highest BCUT2D eigenvalue weighted by atomic mass is 33.1. The maximum Gasteiger partial charge on any atom is 0.0146 e. The smallest absolute Gasteiger partial charge is 0.0146 e. The Hall–Kier alpha value is 0. The average molecular weight is 419 g/mol. The summed E-state index contributed by atoms with van der Waals surface area (Å²) >= 11 is 0. The molecule has 166 valence electrons. The van der Waals surface area contributed by atoms with Gasteiger partial charge < -0.3 is 0 Å². The molecule has 0 N–H and O–H groups in total. The number of hydrogen-bond donors (Lipinski definition) is 0. The van der Waals surface area contributed by atoms with Crippen molar-refractivity contribution < 1.29 is 0 Å². The van der Waals surface area contributed by atoms with Crippen molar-refractivity contribution in [3.05, 3.63) is 12.2 Å². The molecule has 0 aliphatic heterocycles. The van der Waals surface area contributed by atoms with E-state index in [9.17, 15) is 0 Å². The maximum atomic E-state index is 3.09. The molecular formula is C25H54S2. The molecule has 0 radical (unpaired) electrons. The molecule has 0 unspecified atom stereocenters. The third-order valence-electron chi connectivity index (χ3n) is 2.20. The molecule has 0 aliphatic rings. The molecule has 0 nitrogen and oxygen atoms in total. The van der Waals surface area contributed by atoms with Crippen LogP contribution < -0.4 is 0 Å². The Morgan fingerprint density at radius 3 is 1.15 bits per heavy atom. The Morgan fingerprint density at radius 1 is 0.630 bits per heavy atom. The SMILES string of the molecule is C.C.CC(C)/C=C/C(C)C.CC(C)C#CC(C)C.CC(C)CSSC(C)C. The predicted octanol–water partition coefficient (Wildman–Crippen LogP) is 9.86. The van der Waals surface area contributed by atoms with Crippen LogP contribution in [0.1, 0.15) is 97.9 Å². The van der Waals surface area contributed by atoms with Crippen molar-refractivity contribution in [1.82, 2.24) is 0 Å². The summed E-state index contributed by atoms with van der Waals surface area (Å²) in [5, 5.41) is 0.772. The second-order valence-corrected chi connectivity index (χ2v) is 11.3. The van der Waals surface area contributed by atoms with Gasteiger partial charge in [0.05, 0.1) is 0 Å². The van der Waals surface area contributed by atoms with Crippen LogP contribution >= 0.6 is 21.6 Å². The van der Waals surface area contributed by atoms with Gasteiger partial charge in [0, 0.05) is 22.8 Å². The average Bonchev–Trinajstić information content (AvgIpc) is 2.43. The van der Waals surface area contributed by atoms with Crippen molar-refractivity contribution >= 4 is 21.6 Å². The Bertz CT molecular complexity index is 309. The highest BCUT2D eigenvalue weighted by Gasteiger charge is 1.96. The summed E-state index contributed by atoms with van der Waals surface area (Å²) in [6, 6.07) is 0. The zero-order valence-corrected chi connectivity index (χ0v) is 20.8. The van der Waals surface area contributed by atoms with E-state index in [1.807, 2.05) is 21.6 Å². The summed E-state index contributed by atoms with van der Waals surface area (Å²) < 4.78 is 0. The first-order valence-corrected chi connectivity index (χ1v) is 12.2. The van der Waals surface area contributed by atoms with Gasteiger partial charge in [-0.1, -0.05) is 132 Å². The summed E-state index contributed by atoms with van der Waals surface area (Å²) in [5.41, 5.74) is 0. The van der Waals surface area contributed by atoms with Gasteiger partial charge in [-0.25, -0.2) is 0 Å². The van der Waals surface area contributed by atoms with Gasteiger partial charge in [0.25, 0.3) is 0 Å². The van der Waals surface area contributed by atoms with Crippen LogP contribution in [0.15, 0.2) is 12.2 Å². The molecule has 0 aromatic rings. The lowest BCUT2D eigenvalue weighted by Gasteiger charge is -2.04. The van der Waals surface area contributed by atoms with Gasteiger partial charge in [-0.2, -0.15) is 0 Å². The minimum Gasteiger partial charge on any atom is -0.100 e. The predicted molar refractivity (Wildman–Crippen MR) is 140 cm³/mol. The fraction of sp³-hybridized carbons (Fsp3) is 0.840. The second-order valence-electron chi connectivity index (χ2n) is 8.29. The van der Waals surface area contributed by atoms with Crippen molar-refractivity contribution in [3.8, 4) is 11.8 Å². The lowest BCUT2D eigenvalue weighted by Crippen LogP contribution is -1.89. The van der Waals surface area contributed by atoms with Crippen LogP contribution in [-0.2, 0) is 0 Å². The van der Waals surface area contributed by atoms with E-state index < -0.39 is 0 Å². The van der Waals surface area contributed by atoms with Crippen LogP contribution in [0.25, 0.3) is 0 Å². The van der Waals surface area contributed by atoms with E-state index in [0.29, 0.717) is 23.7 Å². The van der Waals surface area contributed by atoms with E-state index in [1.54, 1.807) is 0 Å². The van der Waals surface area contributed by atoms with Crippen molar-refractivity contribution in [1.29, 1.82) is 0 Å². The number of rotatable bonds is 6. The first-order valence-electron chi connectivity index (χ1n) is 9.85. The Kier molecular flexibility index (Phi) is 36.3. The Balaban J connectivity index is -0.0000000866. The van der Waals surface area contributed by atoms with Crippen LogP contribution in [0, 0.1) is 41.4 Å². The normalized spacial score (nSPS) is 10.1. The Labute approximate surface area is 183 Å². The minimum atomic E-state index is 0. The summed E-state index contributed by atoms with van der Waals surface area (Å²) in [6.45, 7) is 26.2. The lowest BCUT2D eigenvalue weighted by molar-refractivity contribution is 0.752. The third kappa shape index (κ3) is 58.5. The van der Waals surface area contributed by atoms with Gasteiger partial charge >= 0.3 is 0 Å². The van der Waals surface area contributed by atoms with Crippen LogP contribution in [0.5, 0.6) is 0 Å². The van der Waals surface area contributed by atoms with Crippen molar-refractivity contribution in [2.75, 3.05) is 5.75 Å². The van der Waals surface area contributed by atoms with Gasteiger partial charge in [-0.15, -0.1) is 11.8 Å². The topological polar surface area (TPSA) is 0 Å². The molecule has 0 aromatic heterocycles. The number of hydrogen-bond acceptors (Lipinski definition) is 2. The summed E-state index contributed by atoms with van der Waals surface area (Å²) in [6.07, 6.45) is 4.48. The van der Waals surface area contributed by atoms with Crippen molar-refractivity contribution in [3.63, 3.8) is 0 Å². The van der Waals surface area contributed by atoms with Gasteiger partial charge in [0.15, 0.2) is 0 Å². The largest absolute Gasteiger partial charge is 0.100 e. The summed E-state index contributed by atoms with van der Waals surface area (Å²) in [4.78, 5) is 0. The minimum absolute atomic E-state index is 0. The fourth-order valence-corrected chi connectivity index (χ4v) is 3.58. The molecule has 0 bridgehead atoms. The highest BCUT2D eigenvalue weighted by Crippen LogP contribution is 2.27. The molecule has 0 saturated heterocycles. The van der Waals surface area contributed by atoms with E-state index in [-0.39, 0.29) is 14.9 Å². The summed E-state index contributed by atoms with van der Waals surface area (Å²) in [5.74, 6) is 10.8. The molecule has 0 amide bonds. The van der Waals surface area contributed by atoms with Gasteiger partial charge in [-0.05, 0) is 17.8 Å². The maximum absolute atomic E-state index is 3.09. The standard InChI is InChI=1S/C8H16.C8H14.C7H16S2.2CH4/c2*1-7(2)5-6-8(3)4;1-6(2)5-8-9-7(3)4;;/h5-8H,1-4H3;7-8H,1-4H3;6-7H,5H2,1-4H3;2*1H4/b6-5+;;;;.